The minimum Gasteiger partial charge on any atom is -0.385 e. The van der Waals surface area contributed by atoms with E-state index in [-0.39, 0.29) is 11.9 Å². The number of methoxy groups -OCH3 is 1. The average molecular weight is 212 g/mol. The second-order valence-electron chi connectivity index (χ2n) is 3.27. The van der Waals surface area contributed by atoms with Crippen molar-refractivity contribution >= 4 is 5.91 Å². The van der Waals surface area contributed by atoms with Crippen LogP contribution >= 0.6 is 0 Å². The third-order valence-electron chi connectivity index (χ3n) is 1.94. The molecule has 1 amide bonds. The minimum atomic E-state index is -0.194. The number of nitrogens with one attached hydrogen (secondary N) is 2. The van der Waals surface area contributed by atoms with Gasteiger partial charge < -0.3 is 15.4 Å². The topological polar surface area (TPSA) is 50.4 Å². The van der Waals surface area contributed by atoms with Gasteiger partial charge in [-0.25, -0.2) is 0 Å². The van der Waals surface area contributed by atoms with Crippen LogP contribution < -0.4 is 10.6 Å². The van der Waals surface area contributed by atoms with Crippen LogP contribution in [-0.4, -0.2) is 38.8 Å². The molecule has 0 aromatic rings. The molecule has 4 nitrogen and oxygen atoms in total. The van der Waals surface area contributed by atoms with E-state index < -0.39 is 0 Å². The molecule has 0 aromatic carbocycles. The maximum absolute atomic E-state index is 11.4. The fourth-order valence-corrected chi connectivity index (χ4v) is 1.03. The van der Waals surface area contributed by atoms with E-state index in [9.17, 15) is 4.79 Å². The van der Waals surface area contributed by atoms with Gasteiger partial charge in [-0.2, -0.15) is 0 Å². The van der Waals surface area contributed by atoms with E-state index >= 15 is 0 Å². The molecule has 4 heteroatoms. The molecule has 0 aromatic heterocycles. The zero-order valence-corrected chi connectivity index (χ0v) is 9.51. The van der Waals surface area contributed by atoms with Gasteiger partial charge in [0.2, 0.25) is 5.91 Å². The van der Waals surface area contributed by atoms with E-state index in [1.165, 1.54) is 0 Å². The van der Waals surface area contributed by atoms with E-state index in [1.807, 2.05) is 6.92 Å². The van der Waals surface area contributed by atoms with E-state index in [4.69, 9.17) is 11.2 Å². The molecule has 0 heterocycles. The van der Waals surface area contributed by atoms with E-state index in [2.05, 4.69) is 16.6 Å². The minimum absolute atomic E-state index is 0.00289. The molecule has 0 fully saturated rings. The number of hydrogen-bond acceptors (Lipinski definition) is 3. The zero-order chi connectivity index (χ0) is 11.5. The molecule has 0 saturated heterocycles. The molecule has 1 atom stereocenters. The standard InChI is InChI=1S/C11H20N2O2/c1-4-5-7-12-10(2)11(14)13-8-6-9-15-3/h1,10,12H,5-9H2,2-3H3,(H,13,14). The molecule has 0 bridgehead atoms. The Morgan fingerprint density at radius 1 is 1.53 bits per heavy atom. The first-order valence-electron chi connectivity index (χ1n) is 5.16. The molecule has 0 aliphatic heterocycles. The van der Waals surface area contributed by atoms with Gasteiger partial charge in [0.25, 0.3) is 0 Å². The van der Waals surface area contributed by atoms with Crippen molar-refractivity contribution in [3.8, 4) is 12.3 Å². The quantitative estimate of drug-likeness (QED) is 0.444. The van der Waals surface area contributed by atoms with Gasteiger partial charge in [0.1, 0.15) is 0 Å². The highest BCUT2D eigenvalue weighted by atomic mass is 16.5. The average Bonchev–Trinajstić information content (AvgIpc) is 2.24. The summed E-state index contributed by atoms with van der Waals surface area (Å²) in [6.07, 6.45) is 6.57. The van der Waals surface area contributed by atoms with Gasteiger partial charge >= 0.3 is 0 Å². The van der Waals surface area contributed by atoms with Crippen molar-refractivity contribution in [1.29, 1.82) is 0 Å². The van der Waals surface area contributed by atoms with Crippen LogP contribution in [0.3, 0.4) is 0 Å². The Balaban J connectivity index is 3.48. The van der Waals surface area contributed by atoms with Crippen LogP contribution in [0, 0.1) is 12.3 Å². The largest absolute Gasteiger partial charge is 0.385 e. The summed E-state index contributed by atoms with van der Waals surface area (Å²) in [5.74, 6) is 2.51. The van der Waals surface area contributed by atoms with Crippen molar-refractivity contribution in [2.45, 2.75) is 25.8 Å². The number of hydrogen-bond donors (Lipinski definition) is 2. The lowest BCUT2D eigenvalue weighted by atomic mass is 10.3. The first kappa shape index (κ1) is 13.9. The first-order valence-corrected chi connectivity index (χ1v) is 5.16. The number of carbonyl (C=O) groups excluding carboxylic acids is 1. The SMILES string of the molecule is C#CCCNC(C)C(=O)NCCCOC. The van der Waals surface area contributed by atoms with Crippen LogP contribution in [0.2, 0.25) is 0 Å². The van der Waals surface area contributed by atoms with Gasteiger partial charge in [0, 0.05) is 33.2 Å². The molecular weight excluding hydrogens is 192 g/mol. The Kier molecular flexibility index (Phi) is 8.84. The summed E-state index contributed by atoms with van der Waals surface area (Å²) >= 11 is 0. The maximum atomic E-state index is 11.4. The highest BCUT2D eigenvalue weighted by molar-refractivity contribution is 5.81. The van der Waals surface area contributed by atoms with E-state index in [1.54, 1.807) is 7.11 Å². The molecule has 86 valence electrons. The Labute approximate surface area is 91.8 Å². The predicted octanol–water partition coefficient (Wildman–Crippen LogP) is 0.140. The Bertz CT molecular complexity index is 211. The molecule has 0 saturated carbocycles. The molecule has 15 heavy (non-hydrogen) atoms. The number of rotatable bonds is 8. The summed E-state index contributed by atoms with van der Waals surface area (Å²) in [6, 6.07) is -0.194. The number of carbonyl (C=O) groups is 1. The van der Waals surface area contributed by atoms with E-state index in [0.717, 1.165) is 6.42 Å². The van der Waals surface area contributed by atoms with Gasteiger partial charge in [-0.1, -0.05) is 0 Å². The van der Waals surface area contributed by atoms with Crippen LogP contribution in [0.1, 0.15) is 19.8 Å². The Morgan fingerprint density at radius 2 is 2.27 bits per heavy atom. The first-order chi connectivity index (χ1) is 7.22. The van der Waals surface area contributed by atoms with Gasteiger partial charge in [0.05, 0.1) is 6.04 Å². The molecule has 2 N–H and O–H groups in total. The fourth-order valence-electron chi connectivity index (χ4n) is 1.03. The molecule has 0 rings (SSSR count). The maximum Gasteiger partial charge on any atom is 0.236 e. The van der Waals surface area contributed by atoms with Crippen molar-refractivity contribution in [3.05, 3.63) is 0 Å². The van der Waals surface area contributed by atoms with Gasteiger partial charge in [-0.05, 0) is 13.3 Å². The molecule has 1 unspecified atom stereocenters. The molecule has 0 radical (unpaired) electrons. The second kappa shape index (κ2) is 9.50. The van der Waals surface area contributed by atoms with E-state index in [0.29, 0.717) is 26.1 Å². The van der Waals surface area contributed by atoms with Crippen LogP contribution in [0.15, 0.2) is 0 Å². The van der Waals surface area contributed by atoms with Gasteiger partial charge in [-0.15, -0.1) is 12.3 Å². The molecule has 0 aliphatic carbocycles. The van der Waals surface area contributed by atoms with Gasteiger partial charge in [-0.3, -0.25) is 4.79 Å². The summed E-state index contributed by atoms with van der Waals surface area (Å²) in [6.45, 7) is 3.80. The van der Waals surface area contributed by atoms with Crippen molar-refractivity contribution in [3.63, 3.8) is 0 Å². The summed E-state index contributed by atoms with van der Waals surface area (Å²) in [7, 11) is 1.64. The van der Waals surface area contributed by atoms with Crippen molar-refractivity contribution < 1.29 is 9.53 Å². The summed E-state index contributed by atoms with van der Waals surface area (Å²) in [4.78, 5) is 11.4. The molecular formula is C11H20N2O2. The lowest BCUT2D eigenvalue weighted by molar-refractivity contribution is -0.122. The highest BCUT2D eigenvalue weighted by Gasteiger charge is 2.09. The normalized spacial score (nSPS) is 11.8. The smallest absolute Gasteiger partial charge is 0.236 e. The number of terminal acetylenes is 1. The summed E-state index contributed by atoms with van der Waals surface area (Å²) in [5.41, 5.74) is 0. The van der Waals surface area contributed by atoms with Crippen molar-refractivity contribution in [1.82, 2.24) is 10.6 Å². The Hall–Kier alpha value is -1.05. The van der Waals surface area contributed by atoms with Crippen LogP contribution in [0.5, 0.6) is 0 Å². The number of ether oxygens (including phenoxy) is 1. The van der Waals surface area contributed by atoms with Crippen LogP contribution in [-0.2, 0) is 9.53 Å². The van der Waals surface area contributed by atoms with Gasteiger partial charge in [0.15, 0.2) is 0 Å². The highest BCUT2D eigenvalue weighted by Crippen LogP contribution is 1.84. The lowest BCUT2D eigenvalue weighted by Gasteiger charge is -2.12. The van der Waals surface area contributed by atoms with Crippen molar-refractivity contribution in [2.24, 2.45) is 0 Å². The van der Waals surface area contributed by atoms with Crippen molar-refractivity contribution in [2.75, 3.05) is 26.8 Å². The Morgan fingerprint density at radius 3 is 2.87 bits per heavy atom. The summed E-state index contributed by atoms with van der Waals surface area (Å²) < 4.78 is 4.87. The fraction of sp³-hybridized carbons (Fsp3) is 0.727. The number of amides is 1. The zero-order valence-electron chi connectivity index (χ0n) is 9.51. The molecule has 0 aliphatic rings. The second-order valence-corrected chi connectivity index (χ2v) is 3.27. The summed E-state index contributed by atoms with van der Waals surface area (Å²) in [5, 5.41) is 5.85. The third kappa shape index (κ3) is 7.98. The predicted molar refractivity (Wildman–Crippen MR) is 60.4 cm³/mol. The monoisotopic (exact) mass is 212 g/mol. The van der Waals surface area contributed by atoms with Crippen LogP contribution in [0.25, 0.3) is 0 Å². The lowest BCUT2D eigenvalue weighted by Crippen LogP contribution is -2.42. The molecule has 0 spiro atoms. The van der Waals surface area contributed by atoms with Crippen LogP contribution in [0.4, 0.5) is 0 Å². The third-order valence-corrected chi connectivity index (χ3v) is 1.94.